The first-order chi connectivity index (χ1) is 6.13. The highest BCUT2D eigenvalue weighted by molar-refractivity contribution is 4.85. The molecule has 2 atom stereocenters. The highest BCUT2D eigenvalue weighted by Crippen LogP contribution is 2.32. The lowest BCUT2D eigenvalue weighted by Gasteiger charge is -2.22. The molecule has 78 valence electrons. The van der Waals surface area contributed by atoms with Crippen LogP contribution in [0.1, 0.15) is 40.0 Å². The fourth-order valence-electron chi connectivity index (χ4n) is 1.87. The third-order valence-corrected chi connectivity index (χ3v) is 2.80. The Morgan fingerprint density at radius 1 is 1.31 bits per heavy atom. The number of hydrogen-bond acceptors (Lipinski definition) is 2. The van der Waals surface area contributed by atoms with Crippen molar-refractivity contribution in [2.75, 3.05) is 6.61 Å². The van der Waals surface area contributed by atoms with Gasteiger partial charge in [-0.2, -0.15) is 0 Å². The zero-order valence-corrected chi connectivity index (χ0v) is 9.09. The van der Waals surface area contributed by atoms with E-state index in [-0.39, 0.29) is 6.61 Å². The molecule has 0 unspecified atom stereocenters. The summed E-state index contributed by atoms with van der Waals surface area (Å²) >= 11 is 0. The quantitative estimate of drug-likeness (QED) is 0.661. The average Bonchev–Trinajstić information content (AvgIpc) is 2.84. The maximum absolute atomic E-state index is 9.16. The molecule has 0 amide bonds. The van der Waals surface area contributed by atoms with Crippen LogP contribution in [0, 0.1) is 11.8 Å². The molecule has 0 aromatic carbocycles. The minimum atomic E-state index is 0.273. The molecule has 1 fully saturated rings. The van der Waals surface area contributed by atoms with Gasteiger partial charge in [0, 0.05) is 12.1 Å². The summed E-state index contributed by atoms with van der Waals surface area (Å²) in [5, 5.41) is 12.7. The van der Waals surface area contributed by atoms with Gasteiger partial charge in [-0.1, -0.05) is 13.8 Å². The molecule has 0 bridgehead atoms. The molecule has 1 rings (SSSR count). The van der Waals surface area contributed by atoms with E-state index in [0.717, 1.165) is 12.3 Å². The lowest BCUT2D eigenvalue weighted by atomic mass is 10.0. The molecular formula is C11H23NO. The van der Waals surface area contributed by atoms with Gasteiger partial charge >= 0.3 is 0 Å². The van der Waals surface area contributed by atoms with E-state index in [1.54, 1.807) is 0 Å². The zero-order valence-electron chi connectivity index (χ0n) is 9.09. The summed E-state index contributed by atoms with van der Waals surface area (Å²) in [4.78, 5) is 0. The van der Waals surface area contributed by atoms with Gasteiger partial charge in [-0.25, -0.2) is 0 Å². The monoisotopic (exact) mass is 185 g/mol. The van der Waals surface area contributed by atoms with E-state index < -0.39 is 0 Å². The van der Waals surface area contributed by atoms with Crippen LogP contribution in [0.2, 0.25) is 0 Å². The SMILES string of the molecule is CC(C)C[C@H](CO)N[C@H](C)C1CC1. The topological polar surface area (TPSA) is 32.3 Å². The van der Waals surface area contributed by atoms with Crippen LogP contribution < -0.4 is 5.32 Å². The Hall–Kier alpha value is -0.0800. The van der Waals surface area contributed by atoms with Gasteiger partial charge in [0.05, 0.1) is 6.61 Å². The normalized spacial score (nSPS) is 21.9. The van der Waals surface area contributed by atoms with E-state index in [2.05, 4.69) is 26.1 Å². The highest BCUT2D eigenvalue weighted by atomic mass is 16.3. The number of rotatable bonds is 6. The van der Waals surface area contributed by atoms with Crippen LogP contribution in [0.25, 0.3) is 0 Å². The summed E-state index contributed by atoms with van der Waals surface area (Å²) < 4.78 is 0. The lowest BCUT2D eigenvalue weighted by molar-refractivity contribution is 0.211. The van der Waals surface area contributed by atoms with Crippen LogP contribution in [0.4, 0.5) is 0 Å². The van der Waals surface area contributed by atoms with Crippen LogP contribution in [0.5, 0.6) is 0 Å². The summed E-state index contributed by atoms with van der Waals surface area (Å²) in [7, 11) is 0. The molecule has 0 heterocycles. The van der Waals surface area contributed by atoms with Crippen molar-refractivity contribution in [3.8, 4) is 0 Å². The van der Waals surface area contributed by atoms with Gasteiger partial charge < -0.3 is 10.4 Å². The molecule has 0 radical (unpaired) electrons. The van der Waals surface area contributed by atoms with Crippen molar-refractivity contribution >= 4 is 0 Å². The minimum Gasteiger partial charge on any atom is -0.395 e. The fraction of sp³-hybridized carbons (Fsp3) is 1.00. The van der Waals surface area contributed by atoms with Gasteiger partial charge in [-0.3, -0.25) is 0 Å². The Balaban J connectivity index is 2.21. The minimum absolute atomic E-state index is 0.273. The molecule has 0 aromatic rings. The second kappa shape index (κ2) is 4.97. The summed E-state index contributed by atoms with van der Waals surface area (Å²) in [6.07, 6.45) is 3.82. The van der Waals surface area contributed by atoms with Crippen molar-refractivity contribution in [2.24, 2.45) is 11.8 Å². The molecular weight excluding hydrogens is 162 g/mol. The van der Waals surface area contributed by atoms with Gasteiger partial charge in [0.2, 0.25) is 0 Å². The van der Waals surface area contributed by atoms with Gasteiger partial charge in [-0.15, -0.1) is 0 Å². The van der Waals surface area contributed by atoms with E-state index in [9.17, 15) is 0 Å². The fourth-order valence-corrected chi connectivity index (χ4v) is 1.87. The predicted molar refractivity (Wildman–Crippen MR) is 55.7 cm³/mol. The molecule has 0 spiro atoms. The van der Waals surface area contributed by atoms with Crippen molar-refractivity contribution in [3.63, 3.8) is 0 Å². The Labute approximate surface area is 81.7 Å². The Bertz CT molecular complexity index is 143. The molecule has 1 aliphatic rings. The predicted octanol–water partition coefficient (Wildman–Crippen LogP) is 1.78. The highest BCUT2D eigenvalue weighted by Gasteiger charge is 2.29. The lowest BCUT2D eigenvalue weighted by Crippen LogP contribution is -2.40. The maximum atomic E-state index is 9.16. The first-order valence-corrected chi connectivity index (χ1v) is 5.50. The van der Waals surface area contributed by atoms with E-state index in [1.165, 1.54) is 12.8 Å². The van der Waals surface area contributed by atoms with Crippen LogP contribution in [0.15, 0.2) is 0 Å². The number of hydrogen-bond donors (Lipinski definition) is 2. The smallest absolute Gasteiger partial charge is 0.0584 e. The molecule has 0 saturated heterocycles. The summed E-state index contributed by atoms with van der Waals surface area (Å²) in [5.41, 5.74) is 0. The molecule has 0 aromatic heterocycles. The van der Waals surface area contributed by atoms with E-state index in [0.29, 0.717) is 18.0 Å². The van der Waals surface area contributed by atoms with Crippen molar-refractivity contribution in [1.29, 1.82) is 0 Å². The molecule has 13 heavy (non-hydrogen) atoms. The Kier molecular flexibility index (Phi) is 4.20. The van der Waals surface area contributed by atoms with Crippen LogP contribution in [0.3, 0.4) is 0 Å². The zero-order chi connectivity index (χ0) is 9.84. The second-order valence-electron chi connectivity index (χ2n) is 4.80. The standard InChI is InChI=1S/C11H23NO/c1-8(2)6-11(7-13)12-9(3)10-4-5-10/h8-13H,4-7H2,1-3H3/t9-,11-/m1/s1. The van der Waals surface area contributed by atoms with Crippen LogP contribution >= 0.6 is 0 Å². The first kappa shape index (κ1) is 11.0. The number of aliphatic hydroxyl groups is 1. The van der Waals surface area contributed by atoms with Crippen LogP contribution in [-0.2, 0) is 0 Å². The Morgan fingerprint density at radius 2 is 1.92 bits per heavy atom. The van der Waals surface area contributed by atoms with Crippen molar-refractivity contribution in [1.82, 2.24) is 5.32 Å². The second-order valence-corrected chi connectivity index (χ2v) is 4.80. The van der Waals surface area contributed by atoms with Crippen molar-refractivity contribution in [2.45, 2.75) is 52.1 Å². The molecule has 2 heteroatoms. The summed E-state index contributed by atoms with van der Waals surface area (Å²) in [5.74, 6) is 1.54. The van der Waals surface area contributed by atoms with E-state index in [1.807, 2.05) is 0 Å². The number of aliphatic hydroxyl groups excluding tert-OH is 1. The molecule has 1 saturated carbocycles. The van der Waals surface area contributed by atoms with Gasteiger partial charge in [-0.05, 0) is 38.0 Å². The molecule has 0 aliphatic heterocycles. The largest absolute Gasteiger partial charge is 0.395 e. The van der Waals surface area contributed by atoms with Gasteiger partial charge in [0.25, 0.3) is 0 Å². The van der Waals surface area contributed by atoms with Gasteiger partial charge in [0.1, 0.15) is 0 Å². The van der Waals surface area contributed by atoms with Crippen molar-refractivity contribution in [3.05, 3.63) is 0 Å². The van der Waals surface area contributed by atoms with E-state index >= 15 is 0 Å². The molecule has 1 aliphatic carbocycles. The summed E-state index contributed by atoms with van der Waals surface area (Å²) in [6, 6.07) is 0.895. The Morgan fingerprint density at radius 3 is 2.31 bits per heavy atom. The third-order valence-electron chi connectivity index (χ3n) is 2.80. The maximum Gasteiger partial charge on any atom is 0.0584 e. The third kappa shape index (κ3) is 4.10. The van der Waals surface area contributed by atoms with Crippen LogP contribution in [-0.4, -0.2) is 23.8 Å². The number of nitrogens with one attached hydrogen (secondary N) is 1. The first-order valence-electron chi connectivity index (χ1n) is 5.50. The van der Waals surface area contributed by atoms with Crippen molar-refractivity contribution < 1.29 is 5.11 Å². The average molecular weight is 185 g/mol. The molecule has 2 N–H and O–H groups in total. The molecule has 2 nitrogen and oxygen atoms in total. The van der Waals surface area contributed by atoms with Gasteiger partial charge in [0.15, 0.2) is 0 Å². The van der Waals surface area contributed by atoms with E-state index in [4.69, 9.17) is 5.11 Å². The summed E-state index contributed by atoms with van der Waals surface area (Å²) in [6.45, 7) is 6.91.